The zero-order chi connectivity index (χ0) is 16.1. The van der Waals surface area contributed by atoms with Gasteiger partial charge in [0.15, 0.2) is 0 Å². The quantitative estimate of drug-likeness (QED) is 0.445. The predicted molar refractivity (Wildman–Crippen MR) is 100 cm³/mol. The molecule has 1 unspecified atom stereocenters. The summed E-state index contributed by atoms with van der Waals surface area (Å²) in [5.41, 5.74) is 4.88. The SMILES string of the molecule is OC1CCc2cc3ccccc3cc2-c2c1ccc1ccccc21. The third kappa shape index (κ3) is 1.98. The summed E-state index contributed by atoms with van der Waals surface area (Å²) in [5.74, 6) is 0. The van der Waals surface area contributed by atoms with Crippen LogP contribution in [0.2, 0.25) is 0 Å². The van der Waals surface area contributed by atoms with Crippen molar-refractivity contribution >= 4 is 21.5 Å². The molecule has 5 rings (SSSR count). The third-order valence-electron chi connectivity index (χ3n) is 5.25. The van der Waals surface area contributed by atoms with Crippen molar-refractivity contribution in [1.29, 1.82) is 0 Å². The summed E-state index contributed by atoms with van der Waals surface area (Å²) in [4.78, 5) is 0. The molecular weight excluding hydrogens is 292 g/mol. The van der Waals surface area contributed by atoms with Gasteiger partial charge in [-0.25, -0.2) is 0 Å². The summed E-state index contributed by atoms with van der Waals surface area (Å²) >= 11 is 0. The second kappa shape index (κ2) is 5.19. The molecule has 0 heterocycles. The van der Waals surface area contributed by atoms with E-state index in [1.807, 2.05) is 0 Å². The number of aryl methyl sites for hydroxylation is 1. The topological polar surface area (TPSA) is 20.2 Å². The zero-order valence-electron chi connectivity index (χ0n) is 13.4. The third-order valence-corrected chi connectivity index (χ3v) is 5.25. The van der Waals surface area contributed by atoms with Crippen molar-refractivity contribution < 1.29 is 5.11 Å². The van der Waals surface area contributed by atoms with E-state index in [0.717, 1.165) is 18.4 Å². The van der Waals surface area contributed by atoms with E-state index in [2.05, 4.69) is 72.8 Å². The van der Waals surface area contributed by atoms with Gasteiger partial charge in [-0.05, 0) is 62.7 Å². The van der Waals surface area contributed by atoms with E-state index in [0.29, 0.717) is 0 Å². The zero-order valence-corrected chi connectivity index (χ0v) is 13.4. The normalized spacial score (nSPS) is 16.6. The number of hydrogen-bond acceptors (Lipinski definition) is 1. The Balaban J connectivity index is 1.94. The number of aliphatic hydroxyl groups is 1. The van der Waals surface area contributed by atoms with Crippen molar-refractivity contribution in [1.82, 2.24) is 0 Å². The van der Waals surface area contributed by atoms with Crippen molar-refractivity contribution in [3.05, 3.63) is 83.9 Å². The maximum Gasteiger partial charge on any atom is 0.0799 e. The first-order valence-corrected chi connectivity index (χ1v) is 8.53. The van der Waals surface area contributed by atoms with Crippen LogP contribution in [-0.2, 0) is 6.42 Å². The molecule has 0 bridgehead atoms. The fraction of sp³-hybridized carbons (Fsp3) is 0.130. The van der Waals surface area contributed by atoms with E-state index in [1.54, 1.807) is 0 Å². The Kier molecular flexibility index (Phi) is 2.97. The molecule has 1 nitrogen and oxygen atoms in total. The van der Waals surface area contributed by atoms with Crippen LogP contribution in [0.5, 0.6) is 0 Å². The molecule has 1 aliphatic rings. The van der Waals surface area contributed by atoms with Crippen molar-refractivity contribution in [3.8, 4) is 11.1 Å². The highest BCUT2D eigenvalue weighted by Gasteiger charge is 2.22. The summed E-state index contributed by atoms with van der Waals surface area (Å²) in [6, 6.07) is 25.8. The van der Waals surface area contributed by atoms with Gasteiger partial charge in [0.05, 0.1) is 6.10 Å². The first kappa shape index (κ1) is 13.8. The minimum atomic E-state index is -0.403. The van der Waals surface area contributed by atoms with Crippen molar-refractivity contribution in [3.63, 3.8) is 0 Å². The molecule has 0 fully saturated rings. The lowest BCUT2D eigenvalue weighted by Gasteiger charge is -2.16. The number of rotatable bonds is 0. The van der Waals surface area contributed by atoms with Crippen LogP contribution in [-0.4, -0.2) is 5.11 Å². The molecule has 0 spiro atoms. The van der Waals surface area contributed by atoms with Gasteiger partial charge in [0.2, 0.25) is 0 Å². The second-order valence-corrected chi connectivity index (χ2v) is 6.66. The van der Waals surface area contributed by atoms with Crippen molar-refractivity contribution in [2.45, 2.75) is 18.9 Å². The van der Waals surface area contributed by atoms with Crippen LogP contribution >= 0.6 is 0 Å². The van der Waals surface area contributed by atoms with Crippen molar-refractivity contribution in [2.75, 3.05) is 0 Å². The molecule has 24 heavy (non-hydrogen) atoms. The highest BCUT2D eigenvalue weighted by molar-refractivity contribution is 6.02. The highest BCUT2D eigenvalue weighted by Crippen LogP contribution is 2.42. The Morgan fingerprint density at radius 3 is 2.29 bits per heavy atom. The van der Waals surface area contributed by atoms with Gasteiger partial charge in [-0.15, -0.1) is 0 Å². The summed E-state index contributed by atoms with van der Waals surface area (Å²) in [7, 11) is 0. The van der Waals surface area contributed by atoms with E-state index in [-0.39, 0.29) is 0 Å². The summed E-state index contributed by atoms with van der Waals surface area (Å²) in [6.45, 7) is 0. The molecule has 0 saturated carbocycles. The van der Waals surface area contributed by atoms with E-state index in [9.17, 15) is 5.11 Å². The Bertz CT molecular complexity index is 1080. The predicted octanol–water partition coefficient (Wildman–Crippen LogP) is 5.64. The van der Waals surface area contributed by atoms with Crippen LogP contribution < -0.4 is 0 Å². The minimum absolute atomic E-state index is 0.403. The molecule has 116 valence electrons. The number of fused-ring (bicyclic) bond motifs is 6. The van der Waals surface area contributed by atoms with Crippen LogP contribution in [0.15, 0.2) is 72.8 Å². The summed E-state index contributed by atoms with van der Waals surface area (Å²) in [6.07, 6.45) is 1.28. The smallest absolute Gasteiger partial charge is 0.0799 e. The lowest BCUT2D eigenvalue weighted by molar-refractivity contribution is 0.169. The standard InChI is InChI=1S/C23H18O/c24-22-12-10-18-13-16-6-1-2-7-17(16)14-21(18)23-19-8-4-3-5-15(19)9-11-20(22)23/h1-9,11,13-14,22,24H,10,12H2. The van der Waals surface area contributed by atoms with Gasteiger partial charge in [0.25, 0.3) is 0 Å². The van der Waals surface area contributed by atoms with Gasteiger partial charge >= 0.3 is 0 Å². The molecule has 4 aromatic carbocycles. The number of aliphatic hydroxyl groups excluding tert-OH is 1. The van der Waals surface area contributed by atoms with Crippen LogP contribution in [0, 0.1) is 0 Å². The monoisotopic (exact) mass is 310 g/mol. The van der Waals surface area contributed by atoms with Gasteiger partial charge in [-0.3, -0.25) is 0 Å². The molecule has 0 amide bonds. The fourth-order valence-electron chi connectivity index (χ4n) is 4.04. The molecular formula is C23H18O. The average molecular weight is 310 g/mol. The van der Waals surface area contributed by atoms with Gasteiger partial charge in [0, 0.05) is 0 Å². The first-order valence-electron chi connectivity index (χ1n) is 8.53. The van der Waals surface area contributed by atoms with Crippen LogP contribution in [0.1, 0.15) is 23.7 Å². The Morgan fingerprint density at radius 2 is 1.46 bits per heavy atom. The maximum absolute atomic E-state index is 10.7. The largest absolute Gasteiger partial charge is 0.388 e. The number of hydrogen-bond donors (Lipinski definition) is 1. The van der Waals surface area contributed by atoms with Gasteiger partial charge < -0.3 is 5.11 Å². The molecule has 1 atom stereocenters. The molecule has 0 aliphatic heterocycles. The Morgan fingerprint density at radius 1 is 0.750 bits per heavy atom. The molecule has 1 heteroatoms. The van der Waals surface area contributed by atoms with Crippen LogP contribution in [0.4, 0.5) is 0 Å². The van der Waals surface area contributed by atoms with E-state index >= 15 is 0 Å². The Hall–Kier alpha value is -2.64. The summed E-state index contributed by atoms with van der Waals surface area (Å²) in [5, 5.41) is 15.7. The van der Waals surface area contributed by atoms with E-state index in [1.165, 1.54) is 38.2 Å². The second-order valence-electron chi connectivity index (χ2n) is 6.66. The molecule has 0 radical (unpaired) electrons. The minimum Gasteiger partial charge on any atom is -0.388 e. The molecule has 0 aromatic heterocycles. The van der Waals surface area contributed by atoms with E-state index < -0.39 is 6.10 Å². The van der Waals surface area contributed by atoms with E-state index in [4.69, 9.17) is 0 Å². The molecule has 0 saturated heterocycles. The van der Waals surface area contributed by atoms with Crippen molar-refractivity contribution in [2.24, 2.45) is 0 Å². The average Bonchev–Trinajstić information content (AvgIpc) is 2.77. The van der Waals surface area contributed by atoms with Crippen LogP contribution in [0.3, 0.4) is 0 Å². The summed E-state index contributed by atoms with van der Waals surface area (Å²) < 4.78 is 0. The fourth-order valence-corrected chi connectivity index (χ4v) is 4.04. The van der Waals surface area contributed by atoms with Gasteiger partial charge in [-0.2, -0.15) is 0 Å². The first-order chi connectivity index (χ1) is 11.8. The van der Waals surface area contributed by atoms with Gasteiger partial charge in [0.1, 0.15) is 0 Å². The lowest BCUT2D eigenvalue weighted by Crippen LogP contribution is -1.98. The molecule has 4 aromatic rings. The molecule has 1 aliphatic carbocycles. The van der Waals surface area contributed by atoms with Gasteiger partial charge in [-0.1, -0.05) is 66.7 Å². The number of benzene rings is 4. The maximum atomic E-state index is 10.7. The molecule has 1 N–H and O–H groups in total. The Labute approximate surface area is 141 Å². The van der Waals surface area contributed by atoms with Crippen LogP contribution in [0.25, 0.3) is 32.7 Å². The lowest BCUT2D eigenvalue weighted by atomic mass is 9.89. The highest BCUT2D eigenvalue weighted by atomic mass is 16.3.